The number of aromatic nitrogens is 6. The van der Waals surface area contributed by atoms with Crippen molar-refractivity contribution < 1.29 is 0 Å². The molecule has 0 radical (unpaired) electrons. The molecule has 0 unspecified atom stereocenters. The normalized spacial score (nSPS) is 14.9. The lowest BCUT2D eigenvalue weighted by atomic mass is 9.92. The molecule has 1 aliphatic heterocycles. The first kappa shape index (κ1) is 17.3. The maximum absolute atomic E-state index is 12.6. The highest BCUT2D eigenvalue weighted by molar-refractivity contribution is 9.10. The Bertz CT molecular complexity index is 1230. The number of tetrazole rings is 1. The number of benzene rings is 2. The van der Waals surface area contributed by atoms with Crippen molar-refractivity contribution in [3.05, 3.63) is 79.0 Å². The number of nitrogens with zero attached hydrogens (tertiary/aromatic N) is 5. The van der Waals surface area contributed by atoms with E-state index in [0.717, 1.165) is 20.1 Å². The number of hydrogen-bond donors (Lipinski definition) is 2. The van der Waals surface area contributed by atoms with Gasteiger partial charge < -0.3 is 5.32 Å². The molecule has 4 aromatic rings. The molecule has 0 amide bonds. The minimum atomic E-state index is -0.400. The fourth-order valence-electron chi connectivity index (χ4n) is 3.32. The quantitative estimate of drug-likeness (QED) is 0.383. The lowest BCUT2D eigenvalue weighted by Gasteiger charge is -2.27. The Morgan fingerprint density at radius 2 is 1.64 bits per heavy atom. The highest BCUT2D eigenvalue weighted by Gasteiger charge is 2.34. The number of aromatic amines is 1. The molecule has 0 bridgehead atoms. The van der Waals surface area contributed by atoms with Crippen molar-refractivity contribution in [1.82, 2.24) is 30.4 Å². The molecule has 1 atom stereocenters. The number of hydrogen-bond acceptors (Lipinski definition) is 6. The minimum absolute atomic E-state index is 0.327. The molecule has 138 valence electrons. The summed E-state index contributed by atoms with van der Waals surface area (Å²) >= 11 is 6.91. The molecule has 0 saturated heterocycles. The Morgan fingerprint density at radius 1 is 0.964 bits per heavy atom. The van der Waals surface area contributed by atoms with Crippen LogP contribution in [0.3, 0.4) is 0 Å². The van der Waals surface area contributed by atoms with Crippen molar-refractivity contribution in [3.8, 4) is 11.3 Å². The first-order valence-electron chi connectivity index (χ1n) is 8.30. The van der Waals surface area contributed by atoms with Crippen LogP contribution in [0.1, 0.15) is 17.2 Å². The maximum Gasteiger partial charge on any atom is 0.288 e. The van der Waals surface area contributed by atoms with Gasteiger partial charge in [0.2, 0.25) is 5.95 Å². The fourth-order valence-corrected chi connectivity index (χ4v) is 3.85. The summed E-state index contributed by atoms with van der Waals surface area (Å²) in [6.45, 7) is 0. The minimum Gasteiger partial charge on any atom is -0.318 e. The van der Waals surface area contributed by atoms with E-state index in [9.17, 15) is 4.79 Å². The zero-order valence-electron chi connectivity index (χ0n) is 14.1. The van der Waals surface area contributed by atoms with Gasteiger partial charge in [0.25, 0.3) is 5.56 Å². The molecule has 0 saturated carbocycles. The van der Waals surface area contributed by atoms with Crippen LogP contribution >= 0.6 is 31.9 Å². The van der Waals surface area contributed by atoms with Crippen molar-refractivity contribution >= 4 is 43.5 Å². The third kappa shape index (κ3) is 2.76. The average Bonchev–Trinajstić information content (AvgIpc) is 3.17. The van der Waals surface area contributed by atoms with Crippen LogP contribution in [0.2, 0.25) is 0 Å². The second kappa shape index (κ2) is 6.64. The third-order valence-electron chi connectivity index (χ3n) is 4.57. The molecule has 5 rings (SSSR count). The fraction of sp³-hybridized carbons (Fsp3) is 0.0556. The number of anilines is 2. The molecule has 10 heteroatoms. The second-order valence-corrected chi connectivity index (χ2v) is 8.05. The topological polar surface area (TPSA) is 101 Å². The second-order valence-electron chi connectivity index (χ2n) is 6.22. The molecule has 0 spiro atoms. The molecule has 1 aliphatic rings. The van der Waals surface area contributed by atoms with Gasteiger partial charge in [-0.3, -0.25) is 4.79 Å². The summed E-state index contributed by atoms with van der Waals surface area (Å²) in [5, 5.41) is 21.9. The van der Waals surface area contributed by atoms with Crippen LogP contribution in [0, 0.1) is 0 Å². The molecule has 2 aromatic heterocycles. The Balaban J connectivity index is 1.81. The number of rotatable bonds is 2. The molecule has 28 heavy (non-hydrogen) atoms. The number of halogens is 2. The first-order chi connectivity index (χ1) is 13.6. The lowest BCUT2D eigenvalue weighted by molar-refractivity contribution is 0.567. The van der Waals surface area contributed by atoms with Crippen LogP contribution in [-0.2, 0) is 0 Å². The van der Waals surface area contributed by atoms with Gasteiger partial charge >= 0.3 is 0 Å². The van der Waals surface area contributed by atoms with Gasteiger partial charge in [-0.1, -0.05) is 61.2 Å². The number of H-pyrrole nitrogens is 1. The summed E-state index contributed by atoms with van der Waals surface area (Å²) in [5.74, 6) is 0.402. The summed E-state index contributed by atoms with van der Waals surface area (Å²) in [6.07, 6.45) is 0. The zero-order chi connectivity index (χ0) is 19.3. The summed E-state index contributed by atoms with van der Waals surface area (Å²) in [5.41, 5.74) is 3.24. The van der Waals surface area contributed by atoms with E-state index in [2.05, 4.69) is 62.9 Å². The van der Waals surface area contributed by atoms with Gasteiger partial charge in [0.15, 0.2) is 0 Å². The Kier molecular flexibility index (Phi) is 4.09. The van der Waals surface area contributed by atoms with E-state index in [0.29, 0.717) is 22.9 Å². The van der Waals surface area contributed by atoms with E-state index in [4.69, 9.17) is 0 Å². The number of nitrogens with one attached hydrogen (secondary N) is 2. The summed E-state index contributed by atoms with van der Waals surface area (Å²) in [4.78, 5) is 12.6. The van der Waals surface area contributed by atoms with Crippen LogP contribution in [-0.4, -0.2) is 30.4 Å². The van der Waals surface area contributed by atoms with Crippen molar-refractivity contribution in [2.75, 3.05) is 5.32 Å². The predicted molar refractivity (Wildman–Crippen MR) is 110 cm³/mol. The zero-order valence-corrected chi connectivity index (χ0v) is 17.3. The smallest absolute Gasteiger partial charge is 0.288 e. The molecular formula is C18H11Br2N7O. The van der Waals surface area contributed by atoms with E-state index in [1.54, 1.807) is 4.68 Å². The predicted octanol–water partition coefficient (Wildman–Crippen LogP) is 3.64. The standard InChI is InChI=1S/C18H11Br2N7O/c19-11-5-1-9(2-6-11)14-13-15(17(28)23-22-14)21-18-24-25-26-27(18)16(13)10-3-7-12(20)8-4-10/h1-8,16H,(H,23,28)(H,21,24,26)/t16-/m1/s1. The molecule has 8 nitrogen and oxygen atoms in total. The van der Waals surface area contributed by atoms with E-state index in [1.807, 2.05) is 48.5 Å². The molecule has 2 N–H and O–H groups in total. The third-order valence-corrected chi connectivity index (χ3v) is 5.63. The van der Waals surface area contributed by atoms with Crippen molar-refractivity contribution in [3.63, 3.8) is 0 Å². The molecule has 0 aliphatic carbocycles. The van der Waals surface area contributed by atoms with Crippen LogP contribution in [0.15, 0.2) is 62.3 Å². The van der Waals surface area contributed by atoms with Gasteiger partial charge in [-0.25, -0.2) is 5.10 Å². The van der Waals surface area contributed by atoms with E-state index < -0.39 is 6.04 Å². The van der Waals surface area contributed by atoms with Crippen LogP contribution in [0.4, 0.5) is 11.6 Å². The Hall–Kier alpha value is -2.85. The summed E-state index contributed by atoms with van der Waals surface area (Å²) in [7, 11) is 0. The van der Waals surface area contributed by atoms with Gasteiger partial charge in [-0.15, -0.1) is 0 Å². The van der Waals surface area contributed by atoms with Gasteiger partial charge in [0.05, 0.1) is 5.69 Å². The highest BCUT2D eigenvalue weighted by Crippen LogP contribution is 2.41. The van der Waals surface area contributed by atoms with Gasteiger partial charge in [0, 0.05) is 20.1 Å². The highest BCUT2D eigenvalue weighted by atomic mass is 79.9. The van der Waals surface area contributed by atoms with E-state index in [-0.39, 0.29) is 5.56 Å². The van der Waals surface area contributed by atoms with E-state index >= 15 is 0 Å². The molecule has 0 fully saturated rings. The average molecular weight is 501 g/mol. The SMILES string of the molecule is O=c1[nH]nc(-c2ccc(Br)cc2)c2c1Nc1nnnn1[C@@H]2c1ccc(Br)cc1. The van der Waals surface area contributed by atoms with Crippen molar-refractivity contribution in [2.45, 2.75) is 6.04 Å². The molecule has 2 aromatic carbocycles. The summed E-state index contributed by atoms with van der Waals surface area (Å²) in [6, 6.07) is 15.2. The maximum atomic E-state index is 12.6. The largest absolute Gasteiger partial charge is 0.318 e. The monoisotopic (exact) mass is 499 g/mol. The van der Waals surface area contributed by atoms with E-state index in [1.165, 1.54) is 0 Å². The van der Waals surface area contributed by atoms with Gasteiger partial charge in [-0.05, 0) is 40.3 Å². The molecular weight excluding hydrogens is 490 g/mol. The van der Waals surface area contributed by atoms with Crippen LogP contribution in [0.5, 0.6) is 0 Å². The summed E-state index contributed by atoms with van der Waals surface area (Å²) < 4.78 is 3.58. The van der Waals surface area contributed by atoms with Crippen molar-refractivity contribution in [2.24, 2.45) is 0 Å². The lowest BCUT2D eigenvalue weighted by Crippen LogP contribution is -2.29. The van der Waals surface area contributed by atoms with Crippen molar-refractivity contribution in [1.29, 1.82) is 0 Å². The van der Waals surface area contributed by atoms with Gasteiger partial charge in [-0.2, -0.15) is 9.78 Å². The van der Waals surface area contributed by atoms with Gasteiger partial charge in [0.1, 0.15) is 11.7 Å². The van der Waals surface area contributed by atoms with Crippen LogP contribution < -0.4 is 10.9 Å². The van der Waals surface area contributed by atoms with Crippen LogP contribution in [0.25, 0.3) is 11.3 Å². The molecule has 3 heterocycles. The number of fused-ring (bicyclic) bond motifs is 2. The first-order valence-corrected chi connectivity index (χ1v) is 9.89. The Labute approximate surface area is 175 Å². The Morgan fingerprint density at radius 3 is 2.36 bits per heavy atom.